The Hall–Kier alpha value is -1.42. The average molecular weight is 289 g/mol. The third-order valence-electron chi connectivity index (χ3n) is 4.62. The van der Waals surface area contributed by atoms with E-state index in [1.807, 2.05) is 6.07 Å². The van der Waals surface area contributed by atoms with Crippen molar-refractivity contribution in [1.29, 1.82) is 0 Å². The van der Waals surface area contributed by atoms with Crippen LogP contribution in [-0.4, -0.2) is 15.1 Å². The number of halogens is 1. The van der Waals surface area contributed by atoms with Gasteiger partial charge >= 0.3 is 0 Å². The highest BCUT2D eigenvalue weighted by Crippen LogP contribution is 2.31. The van der Waals surface area contributed by atoms with Gasteiger partial charge in [0.25, 0.3) is 0 Å². The molecule has 0 unspecified atom stereocenters. The van der Waals surface area contributed by atoms with Crippen LogP contribution < -0.4 is 5.73 Å². The van der Waals surface area contributed by atoms with Crippen LogP contribution in [-0.2, 0) is 6.42 Å². The topological polar surface area (TPSA) is 43.8 Å². The molecule has 2 N–H and O–H groups in total. The maximum atomic E-state index is 14.0. The molecule has 1 aliphatic carbocycles. The summed E-state index contributed by atoms with van der Waals surface area (Å²) in [4.78, 5) is 4.58. The zero-order chi connectivity index (χ0) is 15.0. The second kappa shape index (κ2) is 5.41. The van der Waals surface area contributed by atoms with Gasteiger partial charge in [0.15, 0.2) is 5.82 Å². The average Bonchev–Trinajstić information content (AvgIpc) is 2.78. The van der Waals surface area contributed by atoms with Gasteiger partial charge < -0.3 is 10.3 Å². The fourth-order valence-corrected chi connectivity index (χ4v) is 3.58. The van der Waals surface area contributed by atoms with Gasteiger partial charge in [0.2, 0.25) is 0 Å². The molecule has 0 atom stereocenters. The summed E-state index contributed by atoms with van der Waals surface area (Å²) in [6.45, 7) is 4.22. The van der Waals surface area contributed by atoms with Crippen LogP contribution in [0, 0.1) is 5.82 Å². The second-order valence-electron chi connectivity index (χ2n) is 6.70. The van der Waals surface area contributed by atoms with Crippen LogP contribution in [0.4, 0.5) is 4.39 Å². The number of para-hydroxylation sites is 1. The Morgan fingerprint density at radius 2 is 2.00 bits per heavy atom. The van der Waals surface area contributed by atoms with E-state index in [-0.39, 0.29) is 17.4 Å². The number of aromatic nitrogens is 2. The maximum absolute atomic E-state index is 14.0. The molecule has 1 aliphatic rings. The maximum Gasteiger partial charge on any atom is 0.151 e. The number of benzene rings is 1. The molecule has 1 heterocycles. The van der Waals surface area contributed by atoms with E-state index >= 15 is 0 Å². The molecular formula is C17H24FN3. The normalized spacial score (nSPS) is 18.5. The number of hydrogen-bond donors (Lipinski definition) is 1. The van der Waals surface area contributed by atoms with Crippen molar-refractivity contribution in [2.24, 2.45) is 5.73 Å². The van der Waals surface area contributed by atoms with Crippen molar-refractivity contribution in [3.8, 4) is 0 Å². The summed E-state index contributed by atoms with van der Waals surface area (Å²) in [5.41, 5.74) is 7.74. The number of nitrogens with two attached hydrogens (primary N) is 1. The van der Waals surface area contributed by atoms with Crippen molar-refractivity contribution in [3.63, 3.8) is 0 Å². The minimum absolute atomic E-state index is 0.178. The number of fused-ring (bicyclic) bond motifs is 1. The lowest BCUT2D eigenvalue weighted by atomic mass is 9.80. The van der Waals surface area contributed by atoms with E-state index in [4.69, 9.17) is 5.73 Å². The molecule has 21 heavy (non-hydrogen) atoms. The molecule has 0 radical (unpaired) electrons. The molecule has 0 saturated heterocycles. The van der Waals surface area contributed by atoms with Crippen molar-refractivity contribution >= 4 is 11.0 Å². The first kappa shape index (κ1) is 14.5. The fourth-order valence-electron chi connectivity index (χ4n) is 3.58. The summed E-state index contributed by atoms with van der Waals surface area (Å²) in [6, 6.07) is 5.42. The molecule has 4 heteroatoms. The zero-order valence-electron chi connectivity index (χ0n) is 12.9. The van der Waals surface area contributed by atoms with Gasteiger partial charge in [0.1, 0.15) is 11.3 Å². The predicted octanol–water partition coefficient (Wildman–Crippen LogP) is 3.96. The summed E-state index contributed by atoms with van der Waals surface area (Å²) < 4.78 is 16.2. The Kier molecular flexibility index (Phi) is 3.74. The fraction of sp³-hybridized carbons (Fsp3) is 0.588. The molecule has 0 amide bonds. The van der Waals surface area contributed by atoms with Gasteiger partial charge in [-0.05, 0) is 38.8 Å². The quantitative estimate of drug-likeness (QED) is 0.929. The lowest BCUT2D eigenvalue weighted by Crippen LogP contribution is -2.44. The molecular weight excluding hydrogens is 265 g/mol. The van der Waals surface area contributed by atoms with Gasteiger partial charge in [-0.3, -0.25) is 0 Å². The lowest BCUT2D eigenvalue weighted by Gasteiger charge is -2.33. The van der Waals surface area contributed by atoms with Crippen LogP contribution in [0.15, 0.2) is 18.2 Å². The second-order valence-corrected chi connectivity index (χ2v) is 6.70. The van der Waals surface area contributed by atoms with Crippen LogP contribution in [0.3, 0.4) is 0 Å². The Morgan fingerprint density at radius 3 is 2.67 bits per heavy atom. The van der Waals surface area contributed by atoms with E-state index in [1.54, 1.807) is 6.07 Å². The van der Waals surface area contributed by atoms with Crippen LogP contribution in [0.2, 0.25) is 0 Å². The van der Waals surface area contributed by atoms with Crippen molar-refractivity contribution in [1.82, 2.24) is 9.55 Å². The Morgan fingerprint density at radius 1 is 1.29 bits per heavy atom. The third kappa shape index (κ3) is 2.69. The first-order chi connectivity index (χ1) is 10.0. The van der Waals surface area contributed by atoms with Gasteiger partial charge in [-0.15, -0.1) is 0 Å². The van der Waals surface area contributed by atoms with Crippen molar-refractivity contribution in [2.45, 2.75) is 64.0 Å². The molecule has 0 aliphatic heterocycles. The Labute approximate surface area is 125 Å². The molecule has 3 rings (SSSR count). The van der Waals surface area contributed by atoms with Gasteiger partial charge in [-0.1, -0.05) is 25.3 Å². The molecule has 1 aromatic heterocycles. The first-order valence-electron chi connectivity index (χ1n) is 7.94. The lowest BCUT2D eigenvalue weighted by molar-refractivity contribution is 0.286. The number of nitrogens with zero attached hydrogens (tertiary/aromatic N) is 2. The molecule has 0 spiro atoms. The first-order valence-corrected chi connectivity index (χ1v) is 7.94. The molecule has 1 saturated carbocycles. The van der Waals surface area contributed by atoms with E-state index in [0.29, 0.717) is 5.52 Å². The standard InChI is InChI=1S/C17H24FN3/c1-12(2)21-14-8-6-7-13(18)16(14)20-15(21)11-17(19)9-4-3-5-10-17/h6-8,12H,3-5,9-11,19H2,1-2H3. The van der Waals surface area contributed by atoms with Crippen molar-refractivity contribution in [2.75, 3.05) is 0 Å². The van der Waals surface area contributed by atoms with E-state index in [9.17, 15) is 4.39 Å². The predicted molar refractivity (Wildman–Crippen MR) is 83.8 cm³/mol. The van der Waals surface area contributed by atoms with Crippen LogP contribution >= 0.6 is 0 Å². The number of rotatable bonds is 3. The number of hydrogen-bond acceptors (Lipinski definition) is 2. The van der Waals surface area contributed by atoms with Crippen molar-refractivity contribution in [3.05, 3.63) is 29.8 Å². The monoisotopic (exact) mass is 289 g/mol. The van der Waals surface area contributed by atoms with E-state index < -0.39 is 0 Å². The van der Waals surface area contributed by atoms with E-state index in [2.05, 4.69) is 23.4 Å². The third-order valence-corrected chi connectivity index (χ3v) is 4.62. The summed E-state index contributed by atoms with van der Waals surface area (Å²) >= 11 is 0. The molecule has 1 aromatic carbocycles. The summed E-state index contributed by atoms with van der Waals surface area (Å²) in [5, 5.41) is 0. The summed E-state index contributed by atoms with van der Waals surface area (Å²) in [5.74, 6) is 0.678. The molecule has 2 aromatic rings. The van der Waals surface area contributed by atoms with Crippen LogP contribution in [0.5, 0.6) is 0 Å². The van der Waals surface area contributed by atoms with Crippen LogP contribution in [0.1, 0.15) is 57.8 Å². The Bertz CT molecular complexity index is 639. The molecule has 0 bridgehead atoms. The number of imidazole rings is 1. The highest BCUT2D eigenvalue weighted by molar-refractivity contribution is 5.76. The molecule has 3 nitrogen and oxygen atoms in total. The van der Waals surface area contributed by atoms with Crippen molar-refractivity contribution < 1.29 is 4.39 Å². The van der Waals surface area contributed by atoms with Gasteiger partial charge in [-0.25, -0.2) is 9.37 Å². The summed E-state index contributed by atoms with van der Waals surface area (Å²) in [6.07, 6.45) is 6.46. The highest BCUT2D eigenvalue weighted by Gasteiger charge is 2.30. The Balaban J connectivity index is 2.05. The molecule has 1 fully saturated rings. The SMILES string of the molecule is CC(C)n1c(CC2(N)CCCCC2)nc2c(F)cccc21. The van der Waals surface area contributed by atoms with E-state index in [1.165, 1.54) is 25.3 Å². The largest absolute Gasteiger partial charge is 0.325 e. The minimum Gasteiger partial charge on any atom is -0.325 e. The summed E-state index contributed by atoms with van der Waals surface area (Å²) in [7, 11) is 0. The van der Waals surface area contributed by atoms with Gasteiger partial charge in [-0.2, -0.15) is 0 Å². The van der Waals surface area contributed by atoms with Gasteiger partial charge in [0.05, 0.1) is 5.52 Å². The molecule has 114 valence electrons. The zero-order valence-corrected chi connectivity index (χ0v) is 12.9. The minimum atomic E-state index is -0.247. The van der Waals surface area contributed by atoms with Gasteiger partial charge in [0, 0.05) is 18.0 Å². The highest BCUT2D eigenvalue weighted by atomic mass is 19.1. The van der Waals surface area contributed by atoms with E-state index in [0.717, 1.165) is 30.6 Å². The smallest absolute Gasteiger partial charge is 0.151 e. The van der Waals surface area contributed by atoms with Crippen LogP contribution in [0.25, 0.3) is 11.0 Å².